The van der Waals surface area contributed by atoms with Crippen molar-refractivity contribution in [3.63, 3.8) is 0 Å². The highest BCUT2D eigenvalue weighted by Gasteiger charge is 2.18. The van der Waals surface area contributed by atoms with E-state index in [0.717, 1.165) is 35.7 Å². The molecule has 0 saturated carbocycles. The van der Waals surface area contributed by atoms with Gasteiger partial charge in [0.1, 0.15) is 11.3 Å². The van der Waals surface area contributed by atoms with Crippen LogP contribution in [0.5, 0.6) is 0 Å². The largest absolute Gasteiger partial charge is 0.309 e. The van der Waals surface area contributed by atoms with E-state index in [1.54, 1.807) is 12.4 Å². The third-order valence-corrected chi connectivity index (χ3v) is 4.04. The van der Waals surface area contributed by atoms with E-state index < -0.39 is 0 Å². The van der Waals surface area contributed by atoms with E-state index in [-0.39, 0.29) is 0 Å². The van der Waals surface area contributed by atoms with E-state index in [4.69, 9.17) is 11.6 Å². The third kappa shape index (κ3) is 2.28. The normalized spacial score (nSPS) is 18.4. The Bertz CT molecular complexity index is 774. The van der Waals surface area contributed by atoms with Crippen molar-refractivity contribution in [1.29, 1.82) is 0 Å². The Morgan fingerprint density at radius 3 is 2.86 bits per heavy atom. The highest BCUT2D eigenvalue weighted by Crippen LogP contribution is 2.23. The molecule has 5 nitrogen and oxygen atoms in total. The number of imidazole rings is 1. The smallest absolute Gasteiger partial charge is 0.137 e. The number of hydrogen-bond donors (Lipinski definition) is 1. The van der Waals surface area contributed by atoms with Crippen LogP contribution in [0.1, 0.15) is 24.6 Å². The number of fused-ring (bicyclic) bond motifs is 1. The molecule has 1 aliphatic rings. The molecule has 1 atom stereocenters. The number of hydrogen-bond acceptors (Lipinski definition) is 4. The lowest BCUT2D eigenvalue weighted by Crippen LogP contribution is -2.14. The molecule has 4 heterocycles. The zero-order valence-electron chi connectivity index (χ0n) is 11.3. The summed E-state index contributed by atoms with van der Waals surface area (Å²) >= 11 is 6.05. The van der Waals surface area contributed by atoms with Gasteiger partial charge in [-0.05, 0) is 31.5 Å². The minimum Gasteiger partial charge on any atom is -0.309 e. The van der Waals surface area contributed by atoms with Gasteiger partial charge >= 0.3 is 0 Å². The molecule has 1 saturated heterocycles. The van der Waals surface area contributed by atoms with Gasteiger partial charge in [0.15, 0.2) is 0 Å². The van der Waals surface area contributed by atoms with Crippen LogP contribution in [0, 0.1) is 0 Å². The maximum atomic E-state index is 6.05. The molecular weight excluding hydrogens is 286 g/mol. The van der Waals surface area contributed by atoms with E-state index in [0.29, 0.717) is 11.1 Å². The summed E-state index contributed by atoms with van der Waals surface area (Å²) < 4.78 is 1.93. The van der Waals surface area contributed by atoms with Crippen LogP contribution in [-0.4, -0.2) is 25.9 Å². The second-order valence-electron chi connectivity index (χ2n) is 5.19. The van der Waals surface area contributed by atoms with Crippen molar-refractivity contribution in [1.82, 2.24) is 24.7 Å². The molecule has 0 aromatic carbocycles. The number of pyridine rings is 1. The number of nitrogens with one attached hydrogen (secondary N) is 1. The predicted octanol–water partition coefficient (Wildman–Crippen LogP) is 2.87. The molecule has 0 aliphatic carbocycles. The summed E-state index contributed by atoms with van der Waals surface area (Å²) in [6.45, 7) is 1.06. The standard InChI is InChI=1S/C15H14ClN5/c16-10-3-4-15-20-8-14(21(15)9-10)13-7-18-12(6-19-13)11-2-1-5-17-11/h3-4,6-9,11,17H,1-2,5H2. The molecule has 0 bridgehead atoms. The minimum atomic E-state index is 0.336. The molecule has 1 fully saturated rings. The number of aromatic nitrogens is 4. The van der Waals surface area contributed by atoms with Crippen molar-refractivity contribution < 1.29 is 0 Å². The first kappa shape index (κ1) is 12.7. The van der Waals surface area contributed by atoms with Gasteiger partial charge in [-0.3, -0.25) is 14.4 Å². The third-order valence-electron chi connectivity index (χ3n) is 3.82. The molecule has 0 amide bonds. The van der Waals surface area contributed by atoms with Gasteiger partial charge in [-0.2, -0.15) is 0 Å². The van der Waals surface area contributed by atoms with Gasteiger partial charge in [0.05, 0.1) is 41.0 Å². The Labute approximate surface area is 127 Å². The van der Waals surface area contributed by atoms with Crippen molar-refractivity contribution >= 4 is 17.2 Å². The van der Waals surface area contributed by atoms with Gasteiger partial charge in [-0.25, -0.2) is 4.98 Å². The SMILES string of the molecule is Clc1ccc2ncc(-c3cnc(C4CCCN4)cn3)n2c1. The summed E-state index contributed by atoms with van der Waals surface area (Å²) in [4.78, 5) is 13.4. The van der Waals surface area contributed by atoms with Gasteiger partial charge in [0.2, 0.25) is 0 Å². The molecular formula is C15H14ClN5. The van der Waals surface area contributed by atoms with Crippen molar-refractivity contribution in [2.45, 2.75) is 18.9 Å². The summed E-state index contributed by atoms with van der Waals surface area (Å²) in [6, 6.07) is 4.05. The number of rotatable bonds is 2. The fourth-order valence-corrected chi connectivity index (χ4v) is 2.89. The van der Waals surface area contributed by atoms with E-state index in [2.05, 4.69) is 20.3 Å². The first-order chi connectivity index (χ1) is 10.3. The van der Waals surface area contributed by atoms with Crippen LogP contribution in [0.15, 0.2) is 36.9 Å². The van der Waals surface area contributed by atoms with Crippen LogP contribution in [0.3, 0.4) is 0 Å². The maximum absolute atomic E-state index is 6.05. The highest BCUT2D eigenvalue weighted by atomic mass is 35.5. The first-order valence-corrected chi connectivity index (χ1v) is 7.37. The molecule has 1 N–H and O–H groups in total. The maximum Gasteiger partial charge on any atom is 0.137 e. The van der Waals surface area contributed by atoms with Crippen LogP contribution in [-0.2, 0) is 0 Å². The van der Waals surface area contributed by atoms with Crippen LogP contribution >= 0.6 is 11.6 Å². The summed E-state index contributed by atoms with van der Waals surface area (Å²) in [6.07, 6.45) is 9.61. The molecule has 0 spiro atoms. The molecule has 0 radical (unpaired) electrons. The fraction of sp³-hybridized carbons (Fsp3) is 0.267. The molecule has 106 valence electrons. The lowest BCUT2D eigenvalue weighted by atomic mass is 10.2. The van der Waals surface area contributed by atoms with Crippen LogP contribution in [0.4, 0.5) is 0 Å². The number of halogens is 1. The van der Waals surface area contributed by atoms with Crippen LogP contribution in [0.25, 0.3) is 17.0 Å². The Morgan fingerprint density at radius 1 is 1.14 bits per heavy atom. The molecule has 6 heteroatoms. The average Bonchev–Trinajstić information content (AvgIpc) is 3.16. The van der Waals surface area contributed by atoms with E-state index >= 15 is 0 Å². The Balaban J connectivity index is 1.73. The van der Waals surface area contributed by atoms with E-state index in [1.165, 1.54) is 6.42 Å². The van der Waals surface area contributed by atoms with Crippen molar-refractivity contribution in [3.05, 3.63) is 47.6 Å². The molecule has 1 unspecified atom stereocenters. The van der Waals surface area contributed by atoms with Gasteiger partial charge < -0.3 is 5.32 Å². The molecule has 21 heavy (non-hydrogen) atoms. The second-order valence-corrected chi connectivity index (χ2v) is 5.63. The molecule has 4 rings (SSSR count). The average molecular weight is 300 g/mol. The minimum absolute atomic E-state index is 0.336. The second kappa shape index (κ2) is 5.09. The molecule has 1 aliphatic heterocycles. The van der Waals surface area contributed by atoms with Crippen molar-refractivity contribution in [2.75, 3.05) is 6.54 Å². The van der Waals surface area contributed by atoms with E-state index in [1.807, 2.05) is 28.9 Å². The summed E-state index contributed by atoms with van der Waals surface area (Å²) in [7, 11) is 0. The predicted molar refractivity (Wildman–Crippen MR) is 81.2 cm³/mol. The van der Waals surface area contributed by atoms with Gasteiger partial charge in [0.25, 0.3) is 0 Å². The lowest BCUT2D eigenvalue weighted by Gasteiger charge is -2.09. The Morgan fingerprint density at radius 2 is 2.10 bits per heavy atom. The van der Waals surface area contributed by atoms with Crippen LogP contribution < -0.4 is 5.32 Å². The zero-order chi connectivity index (χ0) is 14.2. The first-order valence-electron chi connectivity index (χ1n) is 6.99. The fourth-order valence-electron chi connectivity index (χ4n) is 2.73. The van der Waals surface area contributed by atoms with Gasteiger partial charge in [0, 0.05) is 6.20 Å². The summed E-state index contributed by atoms with van der Waals surface area (Å²) in [5, 5.41) is 4.09. The highest BCUT2D eigenvalue weighted by molar-refractivity contribution is 6.30. The van der Waals surface area contributed by atoms with Crippen molar-refractivity contribution in [2.24, 2.45) is 0 Å². The van der Waals surface area contributed by atoms with Crippen LogP contribution in [0.2, 0.25) is 5.02 Å². The number of nitrogens with zero attached hydrogens (tertiary/aromatic N) is 4. The van der Waals surface area contributed by atoms with Crippen molar-refractivity contribution in [3.8, 4) is 11.4 Å². The van der Waals surface area contributed by atoms with Gasteiger partial charge in [-0.1, -0.05) is 11.6 Å². The summed E-state index contributed by atoms with van der Waals surface area (Å²) in [5.74, 6) is 0. The topological polar surface area (TPSA) is 55.1 Å². The lowest BCUT2D eigenvalue weighted by molar-refractivity contribution is 0.624. The molecule has 3 aromatic rings. The zero-order valence-corrected chi connectivity index (χ0v) is 12.1. The monoisotopic (exact) mass is 299 g/mol. The van der Waals surface area contributed by atoms with Gasteiger partial charge in [-0.15, -0.1) is 0 Å². The summed E-state index contributed by atoms with van der Waals surface area (Å²) in [5.41, 5.74) is 3.54. The molecule has 3 aromatic heterocycles. The Hall–Kier alpha value is -1.98. The Kier molecular flexibility index (Phi) is 3.09. The quantitative estimate of drug-likeness (QED) is 0.790. The van der Waals surface area contributed by atoms with E-state index in [9.17, 15) is 0 Å².